The predicted octanol–water partition coefficient (Wildman–Crippen LogP) is 5.53. The van der Waals surface area contributed by atoms with Crippen molar-refractivity contribution in [1.82, 2.24) is 0 Å². The van der Waals surface area contributed by atoms with Gasteiger partial charge < -0.3 is 14.8 Å². The van der Waals surface area contributed by atoms with E-state index >= 15 is 0 Å². The Hall–Kier alpha value is -1.55. The van der Waals surface area contributed by atoms with Crippen LogP contribution in [0.3, 0.4) is 0 Å². The second kappa shape index (κ2) is 10.6. The number of ether oxygens (including phenoxy) is 2. The standard InChI is InChI=1S/C22H37NO3/c1-8-26-22(13-16(2)3,14-17(4)5)21(24)23-19-9-11-20(12-10-19)25-15-18(6)7/h9-12,16-18H,8,13-15H2,1-7H3,(H,23,24). The summed E-state index contributed by atoms with van der Waals surface area (Å²) in [6.45, 7) is 15.9. The van der Waals surface area contributed by atoms with Crippen molar-refractivity contribution >= 4 is 11.6 Å². The maximum atomic E-state index is 13.1. The highest BCUT2D eigenvalue weighted by molar-refractivity contribution is 5.97. The van der Waals surface area contributed by atoms with Crippen molar-refractivity contribution in [3.05, 3.63) is 24.3 Å². The quantitative estimate of drug-likeness (QED) is 0.562. The molecule has 0 bridgehead atoms. The van der Waals surface area contributed by atoms with E-state index in [-0.39, 0.29) is 5.91 Å². The van der Waals surface area contributed by atoms with E-state index in [4.69, 9.17) is 9.47 Å². The zero-order chi connectivity index (χ0) is 19.7. The molecule has 26 heavy (non-hydrogen) atoms. The van der Waals surface area contributed by atoms with E-state index in [0.29, 0.717) is 43.8 Å². The van der Waals surface area contributed by atoms with E-state index in [2.05, 4.69) is 46.9 Å². The van der Waals surface area contributed by atoms with Crippen molar-refractivity contribution in [3.63, 3.8) is 0 Å². The fourth-order valence-corrected chi connectivity index (χ4v) is 3.19. The lowest BCUT2D eigenvalue weighted by Crippen LogP contribution is -2.47. The van der Waals surface area contributed by atoms with Crippen molar-refractivity contribution in [2.75, 3.05) is 18.5 Å². The van der Waals surface area contributed by atoms with Gasteiger partial charge >= 0.3 is 0 Å². The first-order valence-corrected chi connectivity index (χ1v) is 9.86. The molecule has 0 unspecified atom stereocenters. The van der Waals surface area contributed by atoms with E-state index in [1.165, 1.54) is 0 Å². The van der Waals surface area contributed by atoms with Gasteiger partial charge in [0, 0.05) is 12.3 Å². The van der Waals surface area contributed by atoms with Crippen LogP contribution in [0.15, 0.2) is 24.3 Å². The number of nitrogens with one attached hydrogen (secondary N) is 1. The number of hydrogen-bond donors (Lipinski definition) is 1. The molecule has 0 aliphatic carbocycles. The van der Waals surface area contributed by atoms with Gasteiger partial charge in [-0.25, -0.2) is 0 Å². The Bertz CT molecular complexity index is 525. The molecule has 148 valence electrons. The maximum Gasteiger partial charge on any atom is 0.256 e. The first-order valence-electron chi connectivity index (χ1n) is 9.86. The van der Waals surface area contributed by atoms with Crippen LogP contribution in [0.5, 0.6) is 5.75 Å². The molecule has 4 nitrogen and oxygen atoms in total. The number of carbonyl (C=O) groups is 1. The molecule has 1 amide bonds. The van der Waals surface area contributed by atoms with Crippen LogP contribution in [0.4, 0.5) is 5.69 Å². The van der Waals surface area contributed by atoms with Gasteiger partial charge in [0.2, 0.25) is 0 Å². The van der Waals surface area contributed by atoms with E-state index < -0.39 is 5.60 Å². The Morgan fingerprint density at radius 1 is 0.962 bits per heavy atom. The molecule has 0 aromatic heterocycles. The summed E-state index contributed by atoms with van der Waals surface area (Å²) in [6.07, 6.45) is 1.42. The molecule has 0 aliphatic heterocycles. The summed E-state index contributed by atoms with van der Waals surface area (Å²) in [4.78, 5) is 13.1. The molecular formula is C22H37NO3. The summed E-state index contributed by atoms with van der Waals surface area (Å²) < 4.78 is 11.7. The van der Waals surface area contributed by atoms with E-state index in [9.17, 15) is 4.79 Å². The lowest BCUT2D eigenvalue weighted by molar-refractivity contribution is -0.146. The monoisotopic (exact) mass is 363 g/mol. The predicted molar refractivity (Wildman–Crippen MR) is 109 cm³/mol. The topological polar surface area (TPSA) is 47.6 Å². The van der Waals surface area contributed by atoms with Gasteiger partial charge in [0.25, 0.3) is 5.91 Å². The molecule has 0 heterocycles. The Kier molecular flexibility index (Phi) is 9.14. The van der Waals surface area contributed by atoms with Crippen molar-refractivity contribution < 1.29 is 14.3 Å². The molecule has 1 aromatic carbocycles. The highest BCUT2D eigenvalue weighted by atomic mass is 16.5. The number of amides is 1. The van der Waals surface area contributed by atoms with Crippen LogP contribution < -0.4 is 10.1 Å². The van der Waals surface area contributed by atoms with Crippen molar-refractivity contribution in [1.29, 1.82) is 0 Å². The van der Waals surface area contributed by atoms with Crippen LogP contribution in [0.2, 0.25) is 0 Å². The first kappa shape index (κ1) is 22.5. The summed E-state index contributed by atoms with van der Waals surface area (Å²) in [5.74, 6) is 1.98. The Morgan fingerprint density at radius 2 is 1.50 bits per heavy atom. The molecule has 0 atom stereocenters. The summed E-state index contributed by atoms with van der Waals surface area (Å²) in [5.41, 5.74) is -0.0207. The average Bonchev–Trinajstić information content (AvgIpc) is 2.53. The average molecular weight is 364 g/mol. The molecule has 4 heteroatoms. The molecule has 0 aliphatic rings. The van der Waals surface area contributed by atoms with E-state index in [1.54, 1.807) is 0 Å². The molecule has 0 spiro atoms. The number of anilines is 1. The normalized spacial score (nSPS) is 12.1. The summed E-state index contributed by atoms with van der Waals surface area (Å²) in [5, 5.41) is 3.05. The largest absolute Gasteiger partial charge is 0.493 e. The number of hydrogen-bond acceptors (Lipinski definition) is 3. The minimum absolute atomic E-state index is 0.0578. The van der Waals surface area contributed by atoms with Gasteiger partial charge in [-0.2, -0.15) is 0 Å². The third-order valence-electron chi connectivity index (χ3n) is 4.01. The Labute approximate surface area is 159 Å². The van der Waals surface area contributed by atoms with Crippen LogP contribution in [0, 0.1) is 17.8 Å². The third kappa shape index (κ3) is 7.36. The summed E-state index contributed by atoms with van der Waals surface area (Å²) >= 11 is 0. The molecule has 1 rings (SSSR count). The number of rotatable bonds is 11. The van der Waals surface area contributed by atoms with Crippen LogP contribution >= 0.6 is 0 Å². The van der Waals surface area contributed by atoms with Gasteiger partial charge in [-0.15, -0.1) is 0 Å². The van der Waals surface area contributed by atoms with Crippen LogP contribution in [0.25, 0.3) is 0 Å². The Morgan fingerprint density at radius 3 is 1.92 bits per heavy atom. The second-order valence-corrected chi connectivity index (χ2v) is 8.31. The molecule has 0 fully saturated rings. The van der Waals surface area contributed by atoms with Crippen LogP contribution in [-0.4, -0.2) is 24.7 Å². The van der Waals surface area contributed by atoms with Crippen molar-refractivity contribution in [3.8, 4) is 5.75 Å². The zero-order valence-electron chi connectivity index (χ0n) is 17.6. The zero-order valence-corrected chi connectivity index (χ0v) is 17.6. The molecule has 0 saturated carbocycles. The highest BCUT2D eigenvalue weighted by Gasteiger charge is 2.40. The molecule has 1 N–H and O–H groups in total. The van der Waals surface area contributed by atoms with Gasteiger partial charge in [0.15, 0.2) is 0 Å². The van der Waals surface area contributed by atoms with Crippen molar-refractivity contribution in [2.24, 2.45) is 17.8 Å². The summed E-state index contributed by atoms with van der Waals surface area (Å²) in [6, 6.07) is 7.56. The van der Waals surface area contributed by atoms with Gasteiger partial charge in [-0.05, 0) is 61.8 Å². The van der Waals surface area contributed by atoms with E-state index in [0.717, 1.165) is 11.4 Å². The van der Waals surface area contributed by atoms with Crippen LogP contribution in [0.1, 0.15) is 61.3 Å². The lowest BCUT2D eigenvalue weighted by atomic mass is 9.83. The SMILES string of the molecule is CCOC(CC(C)C)(CC(C)C)C(=O)Nc1ccc(OCC(C)C)cc1. The van der Waals surface area contributed by atoms with Gasteiger partial charge in [0.1, 0.15) is 11.4 Å². The van der Waals surface area contributed by atoms with Crippen molar-refractivity contribution in [2.45, 2.75) is 66.9 Å². The maximum absolute atomic E-state index is 13.1. The highest BCUT2D eigenvalue weighted by Crippen LogP contribution is 2.31. The third-order valence-corrected chi connectivity index (χ3v) is 4.01. The summed E-state index contributed by atoms with van der Waals surface area (Å²) in [7, 11) is 0. The second-order valence-electron chi connectivity index (χ2n) is 8.31. The lowest BCUT2D eigenvalue weighted by Gasteiger charge is -2.35. The fourth-order valence-electron chi connectivity index (χ4n) is 3.19. The van der Waals surface area contributed by atoms with Crippen LogP contribution in [-0.2, 0) is 9.53 Å². The van der Waals surface area contributed by atoms with E-state index in [1.807, 2.05) is 31.2 Å². The number of benzene rings is 1. The van der Waals surface area contributed by atoms with Gasteiger partial charge in [0.05, 0.1) is 6.61 Å². The molecule has 0 saturated heterocycles. The minimum Gasteiger partial charge on any atom is -0.493 e. The Balaban J connectivity index is 2.90. The molecule has 1 aromatic rings. The van der Waals surface area contributed by atoms with Gasteiger partial charge in [-0.3, -0.25) is 4.79 Å². The molecular weight excluding hydrogens is 326 g/mol. The van der Waals surface area contributed by atoms with Gasteiger partial charge in [-0.1, -0.05) is 41.5 Å². The first-order chi connectivity index (χ1) is 12.2. The minimum atomic E-state index is -0.788. The fraction of sp³-hybridized carbons (Fsp3) is 0.682. The smallest absolute Gasteiger partial charge is 0.256 e. The number of carbonyl (C=O) groups excluding carboxylic acids is 1. The molecule has 0 radical (unpaired) electrons.